The van der Waals surface area contributed by atoms with Crippen LogP contribution in [0.15, 0.2) is 0 Å². The summed E-state index contributed by atoms with van der Waals surface area (Å²) in [5, 5.41) is 12.7. The predicted molar refractivity (Wildman–Crippen MR) is 50.5 cm³/mol. The number of carbonyl (C=O) groups excluding carboxylic acids is 1. The quantitative estimate of drug-likeness (QED) is 0.568. The first-order chi connectivity index (χ1) is 6.75. The summed E-state index contributed by atoms with van der Waals surface area (Å²) >= 11 is 0. The Balaban J connectivity index is 1.62. The second-order valence-electron chi connectivity index (χ2n) is 4.84. The zero-order valence-corrected chi connectivity index (χ0v) is 8.15. The van der Waals surface area contributed by atoms with Gasteiger partial charge in [-0.1, -0.05) is 0 Å². The number of aliphatic hydroxyl groups excluding tert-OH is 1. The molecule has 2 atom stereocenters. The fourth-order valence-corrected chi connectivity index (χ4v) is 2.76. The van der Waals surface area contributed by atoms with E-state index in [1.165, 1.54) is 0 Å². The van der Waals surface area contributed by atoms with Crippen LogP contribution in [0.5, 0.6) is 0 Å². The Bertz CT molecular complexity index is 253. The highest BCUT2D eigenvalue weighted by atomic mass is 16.3. The van der Waals surface area contributed by atoms with E-state index in [2.05, 4.69) is 5.32 Å². The number of rotatable bonds is 1. The number of aliphatic hydroxyl groups is 1. The van der Waals surface area contributed by atoms with Crippen LogP contribution in [0.4, 0.5) is 0 Å². The maximum absolute atomic E-state index is 11.9. The zero-order valence-electron chi connectivity index (χ0n) is 8.15. The number of nitrogens with zero attached hydrogens (tertiary/aromatic N) is 1. The Morgan fingerprint density at radius 1 is 1.29 bits per heavy atom. The van der Waals surface area contributed by atoms with Crippen molar-refractivity contribution in [3.63, 3.8) is 0 Å². The van der Waals surface area contributed by atoms with Crippen molar-refractivity contribution in [3.8, 4) is 0 Å². The van der Waals surface area contributed by atoms with Crippen LogP contribution in [0, 0.1) is 17.8 Å². The van der Waals surface area contributed by atoms with E-state index < -0.39 is 0 Å². The highest BCUT2D eigenvalue weighted by Crippen LogP contribution is 2.40. The highest BCUT2D eigenvalue weighted by molar-refractivity contribution is 5.80. The first-order valence-corrected chi connectivity index (χ1v) is 5.43. The molecule has 3 aliphatic heterocycles. The van der Waals surface area contributed by atoms with Gasteiger partial charge >= 0.3 is 0 Å². The molecule has 1 aliphatic carbocycles. The number of hydrogen-bond donors (Lipinski definition) is 2. The number of hydrogen-bond acceptors (Lipinski definition) is 3. The normalized spacial score (nSPS) is 41.5. The van der Waals surface area contributed by atoms with Crippen molar-refractivity contribution in [1.29, 1.82) is 0 Å². The summed E-state index contributed by atoms with van der Waals surface area (Å²) in [6, 6.07) is 0. The van der Waals surface area contributed by atoms with E-state index in [-0.39, 0.29) is 12.0 Å². The molecule has 4 heteroatoms. The number of carbonyl (C=O) groups is 1. The summed E-state index contributed by atoms with van der Waals surface area (Å²) in [4.78, 5) is 13.8. The van der Waals surface area contributed by atoms with Gasteiger partial charge in [0.15, 0.2) is 0 Å². The molecule has 2 unspecified atom stereocenters. The molecular weight excluding hydrogens is 180 g/mol. The molecule has 4 rings (SSSR count). The Morgan fingerprint density at radius 3 is 2.36 bits per heavy atom. The van der Waals surface area contributed by atoms with E-state index in [9.17, 15) is 9.90 Å². The van der Waals surface area contributed by atoms with Gasteiger partial charge in [0, 0.05) is 38.0 Å². The Labute approximate surface area is 83.3 Å². The van der Waals surface area contributed by atoms with Crippen LogP contribution in [0.25, 0.3) is 0 Å². The molecule has 78 valence electrons. The lowest BCUT2D eigenvalue weighted by Crippen LogP contribution is -2.62. The minimum Gasteiger partial charge on any atom is -0.392 e. The van der Waals surface area contributed by atoms with Gasteiger partial charge in [-0.15, -0.1) is 0 Å². The molecule has 4 nitrogen and oxygen atoms in total. The smallest absolute Gasteiger partial charge is 0.228 e. The molecule has 0 spiro atoms. The van der Waals surface area contributed by atoms with Gasteiger partial charge in [-0.2, -0.15) is 0 Å². The minimum atomic E-state index is -0.126. The van der Waals surface area contributed by atoms with E-state index >= 15 is 0 Å². The molecule has 1 saturated carbocycles. The summed E-state index contributed by atoms with van der Waals surface area (Å²) in [5.41, 5.74) is 0. The van der Waals surface area contributed by atoms with Gasteiger partial charge in [-0.25, -0.2) is 0 Å². The fraction of sp³-hybridized carbons (Fsp3) is 0.900. The zero-order chi connectivity index (χ0) is 9.71. The summed E-state index contributed by atoms with van der Waals surface area (Å²) in [6.07, 6.45) is 0.993. The second kappa shape index (κ2) is 2.94. The van der Waals surface area contributed by atoms with Gasteiger partial charge in [-0.05, 0) is 6.42 Å². The Morgan fingerprint density at radius 2 is 1.93 bits per heavy atom. The molecule has 2 bridgehead atoms. The summed E-state index contributed by atoms with van der Waals surface area (Å²) in [7, 11) is 0. The third-order valence-corrected chi connectivity index (χ3v) is 3.92. The van der Waals surface area contributed by atoms with Crippen LogP contribution in [0.3, 0.4) is 0 Å². The summed E-state index contributed by atoms with van der Waals surface area (Å²) in [5.74, 6) is 1.24. The first kappa shape index (κ1) is 8.68. The van der Waals surface area contributed by atoms with Gasteiger partial charge in [0.1, 0.15) is 0 Å². The van der Waals surface area contributed by atoms with Crippen LogP contribution in [-0.4, -0.2) is 48.2 Å². The van der Waals surface area contributed by atoms with Crippen molar-refractivity contribution >= 4 is 5.91 Å². The molecule has 4 aliphatic rings. The third kappa shape index (κ3) is 1.10. The molecule has 3 heterocycles. The lowest BCUT2D eigenvalue weighted by atomic mass is 9.68. The Hall–Kier alpha value is -0.610. The number of piperidine rings is 2. The molecule has 14 heavy (non-hydrogen) atoms. The van der Waals surface area contributed by atoms with Crippen molar-refractivity contribution in [1.82, 2.24) is 10.2 Å². The maximum Gasteiger partial charge on any atom is 0.228 e. The lowest BCUT2D eigenvalue weighted by Gasteiger charge is -2.52. The monoisotopic (exact) mass is 196 g/mol. The molecule has 4 fully saturated rings. The van der Waals surface area contributed by atoms with Gasteiger partial charge in [0.2, 0.25) is 5.91 Å². The molecule has 0 aromatic heterocycles. The molecule has 3 saturated heterocycles. The van der Waals surface area contributed by atoms with Crippen LogP contribution in [0.1, 0.15) is 6.42 Å². The highest BCUT2D eigenvalue weighted by Gasteiger charge is 2.47. The van der Waals surface area contributed by atoms with Crippen molar-refractivity contribution in [2.24, 2.45) is 17.8 Å². The molecule has 2 N–H and O–H groups in total. The molecule has 0 aromatic rings. The molecule has 0 aromatic carbocycles. The van der Waals surface area contributed by atoms with Gasteiger partial charge < -0.3 is 15.3 Å². The summed E-state index contributed by atoms with van der Waals surface area (Å²) in [6.45, 7) is 3.25. The topological polar surface area (TPSA) is 52.6 Å². The average molecular weight is 196 g/mol. The SMILES string of the molecule is O=C(C1CNC1)N1CC2CC(C1)C2O. The predicted octanol–water partition coefficient (Wildman–Crippen LogP) is -0.955. The molecule has 1 amide bonds. The van der Waals surface area contributed by atoms with E-state index in [0.717, 1.165) is 32.6 Å². The minimum absolute atomic E-state index is 0.126. The standard InChI is InChI=1S/C10H16N2O2/c13-9-6-1-7(9)5-12(4-6)10(14)8-2-11-3-8/h6-9,11,13H,1-5H2. The lowest BCUT2D eigenvalue weighted by molar-refractivity contribution is -0.155. The number of fused-ring (bicyclic) bond motifs is 2. The van der Waals surface area contributed by atoms with Crippen molar-refractivity contribution < 1.29 is 9.90 Å². The Kier molecular flexibility index (Phi) is 1.82. The van der Waals surface area contributed by atoms with Crippen molar-refractivity contribution in [2.45, 2.75) is 12.5 Å². The van der Waals surface area contributed by atoms with Crippen molar-refractivity contribution in [2.75, 3.05) is 26.2 Å². The molecular formula is C10H16N2O2. The number of amides is 1. The van der Waals surface area contributed by atoms with Crippen LogP contribution >= 0.6 is 0 Å². The van der Waals surface area contributed by atoms with E-state index in [1.54, 1.807) is 0 Å². The van der Waals surface area contributed by atoms with Crippen molar-refractivity contribution in [3.05, 3.63) is 0 Å². The fourth-order valence-electron chi connectivity index (χ4n) is 2.76. The second-order valence-corrected chi connectivity index (χ2v) is 4.84. The largest absolute Gasteiger partial charge is 0.392 e. The van der Waals surface area contributed by atoms with Crippen LogP contribution in [0.2, 0.25) is 0 Å². The third-order valence-electron chi connectivity index (χ3n) is 3.92. The van der Waals surface area contributed by atoms with Gasteiger partial charge in [0.25, 0.3) is 0 Å². The first-order valence-electron chi connectivity index (χ1n) is 5.43. The summed E-state index contributed by atoms with van der Waals surface area (Å²) < 4.78 is 0. The van der Waals surface area contributed by atoms with E-state index in [0.29, 0.717) is 17.7 Å². The van der Waals surface area contributed by atoms with E-state index in [1.807, 2.05) is 4.90 Å². The van der Waals surface area contributed by atoms with Gasteiger partial charge in [0.05, 0.1) is 12.0 Å². The molecule has 0 radical (unpaired) electrons. The maximum atomic E-state index is 11.9. The van der Waals surface area contributed by atoms with Gasteiger partial charge in [-0.3, -0.25) is 4.79 Å². The number of nitrogens with one attached hydrogen (secondary N) is 1. The average Bonchev–Trinajstić information content (AvgIpc) is 2.14. The van der Waals surface area contributed by atoms with Crippen LogP contribution in [-0.2, 0) is 4.79 Å². The van der Waals surface area contributed by atoms with E-state index in [4.69, 9.17) is 0 Å². The van der Waals surface area contributed by atoms with Crippen LogP contribution < -0.4 is 5.32 Å².